The fourth-order valence-corrected chi connectivity index (χ4v) is 3.63. The summed E-state index contributed by atoms with van der Waals surface area (Å²) in [5.74, 6) is 1.83. The Balaban J connectivity index is 1.66. The van der Waals surface area contributed by atoms with E-state index < -0.39 is 0 Å². The summed E-state index contributed by atoms with van der Waals surface area (Å²) in [6.07, 6.45) is 2.87. The zero-order chi connectivity index (χ0) is 16.7. The molecule has 0 N–H and O–H groups in total. The van der Waals surface area contributed by atoms with E-state index in [4.69, 9.17) is 9.40 Å². The zero-order valence-corrected chi connectivity index (χ0v) is 14.2. The van der Waals surface area contributed by atoms with Gasteiger partial charge in [-0.15, -0.1) is 0 Å². The molecule has 0 spiro atoms. The molecule has 6 nitrogen and oxygen atoms in total. The topological polar surface area (TPSA) is 62.5 Å². The molecule has 4 rings (SSSR count). The highest BCUT2D eigenvalue weighted by Gasteiger charge is 2.32. The second kappa shape index (κ2) is 6.02. The lowest BCUT2D eigenvalue weighted by atomic mass is 9.84. The number of ketones is 1. The van der Waals surface area contributed by atoms with Crippen LogP contribution in [-0.2, 0) is 6.42 Å². The monoisotopic (exact) mass is 326 g/mol. The Morgan fingerprint density at radius 1 is 1.17 bits per heavy atom. The van der Waals surface area contributed by atoms with Gasteiger partial charge in [-0.2, -0.15) is 0 Å². The minimum atomic E-state index is 0.0784. The van der Waals surface area contributed by atoms with Gasteiger partial charge in [0, 0.05) is 44.9 Å². The molecule has 2 aromatic heterocycles. The predicted molar refractivity (Wildman–Crippen MR) is 90.6 cm³/mol. The van der Waals surface area contributed by atoms with Crippen LogP contribution >= 0.6 is 0 Å². The number of fused-ring (bicyclic) bond motifs is 1. The van der Waals surface area contributed by atoms with Crippen molar-refractivity contribution >= 4 is 11.7 Å². The van der Waals surface area contributed by atoms with Gasteiger partial charge in [0.15, 0.2) is 5.78 Å². The Hall–Kier alpha value is -2.21. The highest BCUT2D eigenvalue weighted by molar-refractivity contribution is 5.99. The number of rotatable bonds is 2. The first-order chi connectivity index (χ1) is 11.6. The summed E-state index contributed by atoms with van der Waals surface area (Å²) in [6, 6.07) is 3.81. The fraction of sp³-hybridized carbons (Fsp3) is 0.500. The van der Waals surface area contributed by atoms with Gasteiger partial charge in [0.1, 0.15) is 5.76 Å². The summed E-state index contributed by atoms with van der Waals surface area (Å²) < 4.78 is 5.51. The third kappa shape index (κ3) is 2.71. The van der Waals surface area contributed by atoms with E-state index in [0.717, 1.165) is 61.3 Å². The number of piperazine rings is 1. The van der Waals surface area contributed by atoms with E-state index in [1.165, 1.54) is 0 Å². The third-order valence-corrected chi connectivity index (χ3v) is 5.04. The van der Waals surface area contributed by atoms with Gasteiger partial charge >= 0.3 is 0 Å². The molecule has 1 aliphatic heterocycles. The molecular weight excluding hydrogens is 304 g/mol. The van der Waals surface area contributed by atoms with Crippen LogP contribution in [0.5, 0.6) is 0 Å². The number of hydrogen-bond donors (Lipinski definition) is 0. The van der Waals surface area contributed by atoms with Gasteiger partial charge in [-0.25, -0.2) is 9.97 Å². The van der Waals surface area contributed by atoms with E-state index in [1.54, 1.807) is 6.26 Å². The molecule has 2 aliphatic rings. The molecule has 0 saturated carbocycles. The summed E-state index contributed by atoms with van der Waals surface area (Å²) >= 11 is 0. The molecule has 1 atom stereocenters. The first-order valence-corrected chi connectivity index (χ1v) is 8.49. The van der Waals surface area contributed by atoms with Gasteiger partial charge in [-0.05, 0) is 26.1 Å². The Bertz CT molecular complexity index is 749. The zero-order valence-electron chi connectivity index (χ0n) is 14.2. The molecule has 0 radical (unpaired) electrons. The van der Waals surface area contributed by atoms with Crippen LogP contribution in [0.15, 0.2) is 22.8 Å². The van der Waals surface area contributed by atoms with Gasteiger partial charge in [0.2, 0.25) is 5.95 Å². The van der Waals surface area contributed by atoms with E-state index in [2.05, 4.69) is 21.8 Å². The van der Waals surface area contributed by atoms with Crippen LogP contribution < -0.4 is 4.90 Å². The molecule has 3 heterocycles. The molecule has 1 aliphatic carbocycles. The summed E-state index contributed by atoms with van der Waals surface area (Å²) in [5.41, 5.74) is 2.39. The van der Waals surface area contributed by atoms with Crippen LogP contribution in [0.4, 0.5) is 5.95 Å². The second-order valence-corrected chi connectivity index (χ2v) is 6.76. The normalized spacial score (nSPS) is 21.8. The smallest absolute Gasteiger partial charge is 0.225 e. The van der Waals surface area contributed by atoms with Crippen molar-refractivity contribution in [3.63, 3.8) is 0 Å². The maximum absolute atomic E-state index is 12.6. The number of aromatic nitrogens is 2. The number of carbonyl (C=O) groups is 1. The van der Waals surface area contributed by atoms with Crippen LogP contribution in [0.25, 0.3) is 0 Å². The number of anilines is 1. The molecular formula is C18H22N4O2. The minimum absolute atomic E-state index is 0.0784. The number of Topliss-reactive ketones (excluding diaryl/α,β-unsaturated/α-hetero) is 1. The molecule has 126 valence electrons. The van der Waals surface area contributed by atoms with Crippen molar-refractivity contribution in [3.8, 4) is 0 Å². The minimum Gasteiger partial charge on any atom is -0.469 e. The SMILES string of the molecule is Cc1nc(N2CCN(C)CC2)nc2c1C(=O)C[C@H](c1ccco1)C2. The molecule has 2 aromatic rings. The van der Waals surface area contributed by atoms with Crippen LogP contribution in [-0.4, -0.2) is 53.9 Å². The van der Waals surface area contributed by atoms with Crippen molar-refractivity contribution in [2.75, 3.05) is 38.1 Å². The van der Waals surface area contributed by atoms with Crippen molar-refractivity contribution in [2.24, 2.45) is 0 Å². The number of furan rings is 1. The highest BCUT2D eigenvalue weighted by Crippen LogP contribution is 2.33. The molecule has 1 fully saturated rings. The van der Waals surface area contributed by atoms with Crippen LogP contribution in [0.2, 0.25) is 0 Å². The first kappa shape index (κ1) is 15.3. The fourth-order valence-electron chi connectivity index (χ4n) is 3.63. The summed E-state index contributed by atoms with van der Waals surface area (Å²) in [4.78, 5) is 26.5. The lowest BCUT2D eigenvalue weighted by Gasteiger charge is -2.33. The van der Waals surface area contributed by atoms with Gasteiger partial charge in [0.05, 0.1) is 23.2 Å². The van der Waals surface area contributed by atoms with E-state index in [1.807, 2.05) is 19.1 Å². The second-order valence-electron chi connectivity index (χ2n) is 6.76. The van der Waals surface area contributed by atoms with Crippen LogP contribution in [0, 0.1) is 6.92 Å². The number of likely N-dealkylation sites (N-methyl/N-ethyl adjacent to an activating group) is 1. The number of nitrogens with zero attached hydrogens (tertiary/aromatic N) is 4. The molecule has 0 bridgehead atoms. The number of aryl methyl sites for hydroxylation is 1. The average molecular weight is 326 g/mol. The first-order valence-electron chi connectivity index (χ1n) is 8.49. The van der Waals surface area contributed by atoms with Gasteiger partial charge in [0.25, 0.3) is 0 Å². The lowest BCUT2D eigenvalue weighted by molar-refractivity contribution is 0.0958. The quantitative estimate of drug-likeness (QED) is 0.842. The summed E-state index contributed by atoms with van der Waals surface area (Å²) in [6.45, 7) is 5.78. The van der Waals surface area contributed by atoms with Crippen molar-refractivity contribution in [2.45, 2.75) is 25.7 Å². The van der Waals surface area contributed by atoms with Gasteiger partial charge < -0.3 is 14.2 Å². The van der Waals surface area contributed by atoms with E-state index in [0.29, 0.717) is 6.42 Å². The predicted octanol–water partition coefficient (Wildman–Crippen LogP) is 2.04. The molecule has 0 amide bonds. The summed E-state index contributed by atoms with van der Waals surface area (Å²) in [7, 11) is 2.13. The lowest BCUT2D eigenvalue weighted by Crippen LogP contribution is -2.45. The van der Waals surface area contributed by atoms with Crippen LogP contribution in [0.1, 0.15) is 39.8 Å². The molecule has 24 heavy (non-hydrogen) atoms. The maximum Gasteiger partial charge on any atom is 0.225 e. The van der Waals surface area contributed by atoms with Crippen molar-refractivity contribution in [3.05, 3.63) is 41.1 Å². The summed E-state index contributed by atoms with van der Waals surface area (Å²) in [5, 5.41) is 0. The molecule has 0 unspecified atom stereocenters. The van der Waals surface area contributed by atoms with Crippen molar-refractivity contribution < 1.29 is 9.21 Å². The Morgan fingerprint density at radius 2 is 1.96 bits per heavy atom. The number of carbonyl (C=O) groups excluding carboxylic acids is 1. The van der Waals surface area contributed by atoms with E-state index >= 15 is 0 Å². The Morgan fingerprint density at radius 3 is 2.67 bits per heavy atom. The van der Waals surface area contributed by atoms with E-state index in [9.17, 15) is 4.79 Å². The van der Waals surface area contributed by atoms with Gasteiger partial charge in [-0.1, -0.05) is 0 Å². The maximum atomic E-state index is 12.6. The third-order valence-electron chi connectivity index (χ3n) is 5.04. The average Bonchev–Trinajstić information content (AvgIpc) is 3.09. The Labute approximate surface area is 141 Å². The molecule has 6 heteroatoms. The highest BCUT2D eigenvalue weighted by atomic mass is 16.3. The standard InChI is InChI=1S/C18H22N4O2/c1-12-17-14(10-13(11-15(17)23)16-4-3-9-24-16)20-18(19-12)22-7-5-21(2)6-8-22/h3-4,9,13H,5-8,10-11H2,1-2H3/t13-/m1/s1. The molecule has 1 saturated heterocycles. The molecule has 0 aromatic carbocycles. The number of hydrogen-bond acceptors (Lipinski definition) is 6. The largest absolute Gasteiger partial charge is 0.469 e. The van der Waals surface area contributed by atoms with Crippen molar-refractivity contribution in [1.82, 2.24) is 14.9 Å². The van der Waals surface area contributed by atoms with E-state index in [-0.39, 0.29) is 11.7 Å². The Kier molecular flexibility index (Phi) is 3.84. The van der Waals surface area contributed by atoms with Gasteiger partial charge in [-0.3, -0.25) is 4.79 Å². The van der Waals surface area contributed by atoms with Crippen LogP contribution in [0.3, 0.4) is 0 Å². The van der Waals surface area contributed by atoms with Crippen molar-refractivity contribution in [1.29, 1.82) is 0 Å².